The van der Waals surface area contributed by atoms with E-state index in [0.717, 1.165) is 5.56 Å². The van der Waals surface area contributed by atoms with Gasteiger partial charge in [0.2, 0.25) is 0 Å². The highest BCUT2D eigenvalue weighted by Crippen LogP contribution is 2.11. The molecule has 0 spiro atoms. The van der Waals surface area contributed by atoms with Gasteiger partial charge in [-0.1, -0.05) is 5.16 Å². The van der Waals surface area contributed by atoms with Crippen molar-refractivity contribution in [3.8, 4) is 0 Å². The van der Waals surface area contributed by atoms with Crippen molar-refractivity contribution >= 4 is 9.84 Å². The summed E-state index contributed by atoms with van der Waals surface area (Å²) in [6.07, 6.45) is 3.88. The van der Waals surface area contributed by atoms with Gasteiger partial charge in [-0.25, -0.2) is 8.42 Å². The summed E-state index contributed by atoms with van der Waals surface area (Å²) in [6, 6.07) is 0.0786. The van der Waals surface area contributed by atoms with Gasteiger partial charge in [0, 0.05) is 18.2 Å². The van der Waals surface area contributed by atoms with Gasteiger partial charge in [0.25, 0.3) is 0 Å². The Morgan fingerprint density at radius 1 is 1.64 bits per heavy atom. The van der Waals surface area contributed by atoms with Gasteiger partial charge in [-0.2, -0.15) is 0 Å². The van der Waals surface area contributed by atoms with Crippen LogP contribution in [0.25, 0.3) is 0 Å². The first-order valence-corrected chi connectivity index (χ1v) is 6.30. The highest BCUT2D eigenvalue weighted by atomic mass is 32.2. The summed E-state index contributed by atoms with van der Waals surface area (Å²) < 4.78 is 26.9. The van der Waals surface area contributed by atoms with Gasteiger partial charge in [-0.3, -0.25) is 0 Å². The van der Waals surface area contributed by atoms with Crippen molar-refractivity contribution in [1.82, 2.24) is 10.5 Å². The van der Waals surface area contributed by atoms with Crippen molar-refractivity contribution in [3.05, 3.63) is 18.0 Å². The summed E-state index contributed by atoms with van der Waals surface area (Å²) in [5.74, 6) is 0.548. The van der Waals surface area contributed by atoms with E-state index < -0.39 is 9.84 Å². The van der Waals surface area contributed by atoms with Crippen LogP contribution in [0.15, 0.2) is 17.0 Å². The van der Waals surface area contributed by atoms with Crippen molar-refractivity contribution in [2.75, 3.05) is 11.5 Å². The van der Waals surface area contributed by atoms with Crippen LogP contribution in [0.1, 0.15) is 12.0 Å². The normalized spacial score (nSPS) is 25.3. The molecule has 2 heterocycles. The Morgan fingerprint density at radius 2 is 2.50 bits per heavy atom. The van der Waals surface area contributed by atoms with Crippen molar-refractivity contribution in [3.63, 3.8) is 0 Å². The number of sulfone groups is 1. The predicted octanol–water partition coefficient (Wildman–Crippen LogP) is -0.0487. The highest BCUT2D eigenvalue weighted by Gasteiger charge is 2.27. The molecule has 1 N–H and O–H groups in total. The van der Waals surface area contributed by atoms with Gasteiger partial charge >= 0.3 is 0 Å². The standard InChI is InChI=1S/C8H12N2O3S/c11-14(12)2-1-8(6-14)9-3-7-4-10-13-5-7/h4-5,8-9H,1-3,6H2. The Hall–Kier alpha value is -0.880. The summed E-state index contributed by atoms with van der Waals surface area (Å²) in [4.78, 5) is 0. The Bertz CT molecular complexity index is 385. The fraction of sp³-hybridized carbons (Fsp3) is 0.625. The zero-order valence-electron chi connectivity index (χ0n) is 7.64. The average molecular weight is 216 g/mol. The van der Waals surface area contributed by atoms with E-state index in [2.05, 4.69) is 15.0 Å². The average Bonchev–Trinajstić information content (AvgIpc) is 2.70. The summed E-state index contributed by atoms with van der Waals surface area (Å²) in [5.41, 5.74) is 0.939. The maximum absolute atomic E-state index is 11.1. The Morgan fingerprint density at radius 3 is 3.07 bits per heavy atom. The first-order valence-electron chi connectivity index (χ1n) is 4.48. The molecule has 2 rings (SSSR count). The zero-order chi connectivity index (χ0) is 10.0. The van der Waals surface area contributed by atoms with Crippen LogP contribution in [0.3, 0.4) is 0 Å². The number of hydrogen-bond donors (Lipinski definition) is 1. The van der Waals surface area contributed by atoms with Crippen LogP contribution in [0.2, 0.25) is 0 Å². The van der Waals surface area contributed by atoms with Crippen molar-refractivity contribution in [2.24, 2.45) is 0 Å². The largest absolute Gasteiger partial charge is 0.364 e. The monoisotopic (exact) mass is 216 g/mol. The van der Waals surface area contributed by atoms with Crippen LogP contribution in [0.4, 0.5) is 0 Å². The zero-order valence-corrected chi connectivity index (χ0v) is 8.46. The van der Waals surface area contributed by atoms with E-state index in [4.69, 9.17) is 0 Å². The van der Waals surface area contributed by atoms with Crippen molar-refractivity contribution in [2.45, 2.75) is 19.0 Å². The van der Waals surface area contributed by atoms with E-state index in [0.29, 0.717) is 18.7 Å². The van der Waals surface area contributed by atoms with E-state index in [1.165, 1.54) is 0 Å². The Kier molecular flexibility index (Phi) is 2.56. The number of aromatic nitrogens is 1. The lowest BCUT2D eigenvalue weighted by Crippen LogP contribution is -2.29. The van der Waals surface area contributed by atoms with E-state index in [1.54, 1.807) is 12.5 Å². The number of hydrogen-bond acceptors (Lipinski definition) is 5. The Labute approximate surface area is 82.4 Å². The van der Waals surface area contributed by atoms with Gasteiger partial charge in [-0.15, -0.1) is 0 Å². The molecule has 1 aromatic rings. The van der Waals surface area contributed by atoms with Crippen molar-refractivity contribution in [1.29, 1.82) is 0 Å². The van der Waals surface area contributed by atoms with Gasteiger partial charge in [-0.05, 0) is 6.42 Å². The minimum Gasteiger partial charge on any atom is -0.364 e. The van der Waals surface area contributed by atoms with Gasteiger partial charge < -0.3 is 9.84 Å². The molecular formula is C8H12N2O3S. The number of nitrogens with one attached hydrogen (secondary N) is 1. The molecule has 1 aromatic heterocycles. The summed E-state index contributed by atoms with van der Waals surface area (Å²) in [5, 5.41) is 6.72. The lowest BCUT2D eigenvalue weighted by molar-refractivity contribution is 0.418. The van der Waals surface area contributed by atoms with E-state index in [9.17, 15) is 8.42 Å². The molecular weight excluding hydrogens is 204 g/mol. The van der Waals surface area contributed by atoms with E-state index in [-0.39, 0.29) is 11.8 Å². The third-order valence-electron chi connectivity index (χ3n) is 2.31. The van der Waals surface area contributed by atoms with Gasteiger partial charge in [0.15, 0.2) is 9.84 Å². The van der Waals surface area contributed by atoms with Gasteiger partial charge in [0.05, 0.1) is 17.7 Å². The molecule has 0 amide bonds. The number of nitrogens with zero attached hydrogens (tertiary/aromatic N) is 1. The minimum absolute atomic E-state index is 0.0786. The summed E-state index contributed by atoms with van der Waals surface area (Å²) in [7, 11) is -2.79. The topological polar surface area (TPSA) is 72.2 Å². The quantitative estimate of drug-likeness (QED) is 0.767. The second kappa shape index (κ2) is 3.70. The first kappa shape index (κ1) is 9.67. The molecule has 1 unspecified atom stereocenters. The summed E-state index contributed by atoms with van der Waals surface area (Å²) in [6.45, 7) is 0.615. The second-order valence-corrected chi connectivity index (χ2v) is 5.74. The third kappa shape index (κ3) is 2.33. The molecule has 1 aliphatic heterocycles. The lowest BCUT2D eigenvalue weighted by Gasteiger charge is -2.08. The number of rotatable bonds is 3. The molecule has 0 bridgehead atoms. The maximum atomic E-state index is 11.1. The predicted molar refractivity (Wildman–Crippen MR) is 50.4 cm³/mol. The molecule has 1 atom stereocenters. The minimum atomic E-state index is -2.79. The fourth-order valence-electron chi connectivity index (χ4n) is 1.53. The van der Waals surface area contributed by atoms with Crippen LogP contribution in [0.5, 0.6) is 0 Å². The van der Waals surface area contributed by atoms with Gasteiger partial charge in [0.1, 0.15) is 6.26 Å². The molecule has 1 fully saturated rings. The van der Waals surface area contributed by atoms with Crippen LogP contribution in [-0.2, 0) is 16.4 Å². The van der Waals surface area contributed by atoms with E-state index in [1.807, 2.05) is 0 Å². The maximum Gasteiger partial charge on any atom is 0.151 e. The highest BCUT2D eigenvalue weighted by molar-refractivity contribution is 7.91. The molecule has 0 saturated carbocycles. The molecule has 1 saturated heterocycles. The second-order valence-electron chi connectivity index (χ2n) is 3.51. The fourth-order valence-corrected chi connectivity index (χ4v) is 3.24. The molecule has 0 aromatic carbocycles. The molecule has 0 aliphatic carbocycles. The molecule has 5 nitrogen and oxygen atoms in total. The lowest BCUT2D eigenvalue weighted by atomic mass is 10.2. The molecule has 1 aliphatic rings. The molecule has 14 heavy (non-hydrogen) atoms. The molecule has 6 heteroatoms. The molecule has 78 valence electrons. The third-order valence-corrected chi connectivity index (χ3v) is 4.08. The van der Waals surface area contributed by atoms with Crippen LogP contribution < -0.4 is 5.32 Å². The Balaban J connectivity index is 1.83. The van der Waals surface area contributed by atoms with Crippen LogP contribution in [0, 0.1) is 0 Å². The van der Waals surface area contributed by atoms with E-state index >= 15 is 0 Å². The smallest absolute Gasteiger partial charge is 0.151 e. The SMILES string of the molecule is O=S1(=O)CCC(NCc2cnoc2)C1. The van der Waals surface area contributed by atoms with Crippen LogP contribution >= 0.6 is 0 Å². The first-order chi connectivity index (χ1) is 6.66. The summed E-state index contributed by atoms with van der Waals surface area (Å²) >= 11 is 0. The molecule has 0 radical (unpaired) electrons. The van der Waals surface area contributed by atoms with Crippen molar-refractivity contribution < 1.29 is 12.9 Å². The van der Waals surface area contributed by atoms with Crippen LogP contribution in [-0.4, -0.2) is 31.1 Å².